The van der Waals surface area contributed by atoms with E-state index >= 15 is 0 Å². The number of halogens is 2. The SMILES string of the molecule is Cc1nccc(CNc2nc(N)c(Cl)cc2Cl)n1. The first-order chi connectivity index (χ1) is 8.56. The summed E-state index contributed by atoms with van der Waals surface area (Å²) in [4.78, 5) is 12.3. The van der Waals surface area contributed by atoms with Crippen LogP contribution in [0.25, 0.3) is 0 Å². The predicted octanol–water partition coefficient (Wildman–Crippen LogP) is 2.68. The Labute approximate surface area is 114 Å². The molecule has 2 heterocycles. The van der Waals surface area contributed by atoms with E-state index in [1.165, 1.54) is 0 Å². The van der Waals surface area contributed by atoms with Crippen LogP contribution in [-0.2, 0) is 6.54 Å². The third-order valence-electron chi connectivity index (χ3n) is 2.23. The maximum Gasteiger partial charge on any atom is 0.147 e. The Morgan fingerprint density at radius 3 is 2.78 bits per heavy atom. The minimum atomic E-state index is 0.238. The summed E-state index contributed by atoms with van der Waals surface area (Å²) in [6.45, 7) is 2.31. The van der Waals surface area contributed by atoms with Crippen LogP contribution in [-0.4, -0.2) is 15.0 Å². The van der Waals surface area contributed by atoms with Gasteiger partial charge in [0.15, 0.2) is 0 Å². The fourth-order valence-corrected chi connectivity index (χ4v) is 1.81. The molecule has 2 rings (SSSR count). The molecule has 0 bridgehead atoms. The average molecular weight is 284 g/mol. The van der Waals surface area contributed by atoms with Gasteiger partial charge in [0.25, 0.3) is 0 Å². The summed E-state index contributed by atoms with van der Waals surface area (Å²) in [5.74, 6) is 1.43. The lowest BCUT2D eigenvalue weighted by molar-refractivity contribution is 0.950. The number of nitrogen functional groups attached to an aromatic ring is 1. The highest BCUT2D eigenvalue weighted by atomic mass is 35.5. The molecule has 0 fully saturated rings. The number of rotatable bonds is 3. The fourth-order valence-electron chi connectivity index (χ4n) is 1.38. The van der Waals surface area contributed by atoms with Gasteiger partial charge in [-0.05, 0) is 19.1 Å². The van der Waals surface area contributed by atoms with E-state index in [1.807, 2.05) is 13.0 Å². The van der Waals surface area contributed by atoms with Gasteiger partial charge in [-0.1, -0.05) is 23.2 Å². The second-order valence-electron chi connectivity index (χ2n) is 3.63. The van der Waals surface area contributed by atoms with E-state index in [2.05, 4.69) is 20.3 Å². The molecule has 18 heavy (non-hydrogen) atoms. The first-order valence-electron chi connectivity index (χ1n) is 5.20. The predicted molar refractivity (Wildman–Crippen MR) is 72.8 cm³/mol. The topological polar surface area (TPSA) is 76.7 Å². The summed E-state index contributed by atoms with van der Waals surface area (Å²) in [7, 11) is 0. The smallest absolute Gasteiger partial charge is 0.147 e. The van der Waals surface area contributed by atoms with Crippen molar-refractivity contribution in [3.63, 3.8) is 0 Å². The highest BCUT2D eigenvalue weighted by Crippen LogP contribution is 2.27. The summed E-state index contributed by atoms with van der Waals surface area (Å²) in [5, 5.41) is 3.81. The lowest BCUT2D eigenvalue weighted by atomic mass is 10.3. The number of nitrogens with zero attached hydrogens (tertiary/aromatic N) is 3. The van der Waals surface area contributed by atoms with Crippen LogP contribution in [0.15, 0.2) is 18.3 Å². The van der Waals surface area contributed by atoms with Gasteiger partial charge in [0, 0.05) is 6.20 Å². The van der Waals surface area contributed by atoms with Crippen molar-refractivity contribution in [1.82, 2.24) is 15.0 Å². The Balaban J connectivity index is 2.13. The summed E-state index contributed by atoms with van der Waals surface area (Å²) in [5.41, 5.74) is 6.46. The third-order valence-corrected chi connectivity index (χ3v) is 2.82. The molecule has 0 aliphatic rings. The molecule has 0 spiro atoms. The third kappa shape index (κ3) is 3.00. The number of pyridine rings is 1. The van der Waals surface area contributed by atoms with Crippen LogP contribution in [0.2, 0.25) is 10.0 Å². The van der Waals surface area contributed by atoms with E-state index in [-0.39, 0.29) is 5.82 Å². The number of nitrogens with two attached hydrogens (primary N) is 1. The van der Waals surface area contributed by atoms with Crippen LogP contribution in [0.1, 0.15) is 11.5 Å². The number of aromatic nitrogens is 3. The van der Waals surface area contributed by atoms with Crippen molar-refractivity contribution in [2.75, 3.05) is 11.1 Å². The van der Waals surface area contributed by atoms with Gasteiger partial charge in [0.05, 0.1) is 22.3 Å². The molecular formula is C11H11Cl2N5. The van der Waals surface area contributed by atoms with Crippen molar-refractivity contribution in [3.8, 4) is 0 Å². The molecule has 7 heteroatoms. The zero-order valence-electron chi connectivity index (χ0n) is 9.61. The summed E-state index contributed by atoms with van der Waals surface area (Å²) in [6, 6.07) is 3.37. The lowest BCUT2D eigenvalue weighted by Gasteiger charge is -2.08. The minimum Gasteiger partial charge on any atom is -0.382 e. The molecule has 94 valence electrons. The molecule has 0 amide bonds. The Morgan fingerprint density at radius 2 is 2.06 bits per heavy atom. The number of hydrogen-bond acceptors (Lipinski definition) is 5. The van der Waals surface area contributed by atoms with Gasteiger partial charge in [-0.3, -0.25) is 0 Å². The second-order valence-corrected chi connectivity index (χ2v) is 4.45. The molecule has 0 aliphatic heterocycles. The van der Waals surface area contributed by atoms with Crippen LogP contribution >= 0.6 is 23.2 Å². The molecule has 3 N–H and O–H groups in total. The van der Waals surface area contributed by atoms with E-state index in [0.29, 0.717) is 28.2 Å². The molecule has 0 aliphatic carbocycles. The Hall–Kier alpha value is -1.59. The largest absolute Gasteiger partial charge is 0.382 e. The zero-order chi connectivity index (χ0) is 13.1. The van der Waals surface area contributed by atoms with Crippen molar-refractivity contribution < 1.29 is 0 Å². The van der Waals surface area contributed by atoms with Gasteiger partial charge in [-0.15, -0.1) is 0 Å². The standard InChI is InChI=1S/C11H11Cl2N5/c1-6-15-3-2-7(17-6)5-16-11-9(13)4-8(12)10(14)18-11/h2-4H,5H2,1H3,(H3,14,16,18). The van der Waals surface area contributed by atoms with E-state index < -0.39 is 0 Å². The quantitative estimate of drug-likeness (QED) is 0.906. The van der Waals surface area contributed by atoms with Crippen LogP contribution in [0.5, 0.6) is 0 Å². The molecule has 2 aromatic heterocycles. The molecule has 0 saturated carbocycles. The van der Waals surface area contributed by atoms with Crippen LogP contribution < -0.4 is 11.1 Å². The molecule has 2 aromatic rings. The average Bonchev–Trinajstić information content (AvgIpc) is 2.32. The first kappa shape index (κ1) is 12.9. The second kappa shape index (κ2) is 5.37. The number of nitrogens with one attached hydrogen (secondary N) is 1. The molecule has 5 nitrogen and oxygen atoms in total. The molecule has 0 radical (unpaired) electrons. The van der Waals surface area contributed by atoms with Crippen molar-refractivity contribution in [3.05, 3.63) is 39.9 Å². The van der Waals surface area contributed by atoms with Gasteiger partial charge in [-0.2, -0.15) is 0 Å². The lowest BCUT2D eigenvalue weighted by Crippen LogP contribution is -2.06. The van der Waals surface area contributed by atoms with Gasteiger partial charge >= 0.3 is 0 Å². The summed E-state index contributed by atoms with van der Waals surface area (Å²) < 4.78 is 0. The van der Waals surface area contributed by atoms with Gasteiger partial charge < -0.3 is 11.1 Å². The van der Waals surface area contributed by atoms with E-state index in [1.54, 1.807) is 12.3 Å². The Kier molecular flexibility index (Phi) is 3.84. The molecular weight excluding hydrogens is 273 g/mol. The normalized spacial score (nSPS) is 10.4. The maximum atomic E-state index is 6.00. The molecule has 0 atom stereocenters. The zero-order valence-corrected chi connectivity index (χ0v) is 11.1. The van der Waals surface area contributed by atoms with Crippen LogP contribution in [0.3, 0.4) is 0 Å². The number of anilines is 2. The van der Waals surface area contributed by atoms with E-state index in [9.17, 15) is 0 Å². The van der Waals surface area contributed by atoms with Gasteiger partial charge in [-0.25, -0.2) is 15.0 Å². The van der Waals surface area contributed by atoms with Gasteiger partial charge in [0.1, 0.15) is 17.5 Å². The fraction of sp³-hybridized carbons (Fsp3) is 0.182. The van der Waals surface area contributed by atoms with E-state index in [0.717, 1.165) is 5.69 Å². The van der Waals surface area contributed by atoms with Crippen molar-refractivity contribution in [2.45, 2.75) is 13.5 Å². The highest BCUT2D eigenvalue weighted by molar-refractivity contribution is 6.37. The molecule has 0 saturated heterocycles. The maximum absolute atomic E-state index is 6.00. The van der Waals surface area contributed by atoms with Crippen LogP contribution in [0, 0.1) is 6.92 Å². The Bertz CT molecular complexity index is 573. The van der Waals surface area contributed by atoms with E-state index in [4.69, 9.17) is 28.9 Å². The van der Waals surface area contributed by atoms with Crippen molar-refractivity contribution >= 4 is 34.8 Å². The van der Waals surface area contributed by atoms with Crippen LogP contribution in [0.4, 0.5) is 11.6 Å². The number of hydrogen-bond donors (Lipinski definition) is 2. The van der Waals surface area contributed by atoms with Crippen molar-refractivity contribution in [2.24, 2.45) is 0 Å². The van der Waals surface area contributed by atoms with Crippen molar-refractivity contribution in [1.29, 1.82) is 0 Å². The minimum absolute atomic E-state index is 0.238. The number of aryl methyl sites for hydroxylation is 1. The van der Waals surface area contributed by atoms with Gasteiger partial charge in [0.2, 0.25) is 0 Å². The monoisotopic (exact) mass is 283 g/mol. The highest BCUT2D eigenvalue weighted by Gasteiger charge is 2.07. The summed E-state index contributed by atoms with van der Waals surface area (Å²) >= 11 is 11.8. The summed E-state index contributed by atoms with van der Waals surface area (Å²) in [6.07, 6.45) is 1.70. The first-order valence-corrected chi connectivity index (χ1v) is 5.96. The molecule has 0 aromatic carbocycles. The molecule has 0 unspecified atom stereocenters. The Morgan fingerprint density at radius 1 is 1.28 bits per heavy atom.